The Kier molecular flexibility index (Phi) is 6.75. The first-order chi connectivity index (χ1) is 14.4. The molecule has 30 heavy (non-hydrogen) atoms. The van der Waals surface area contributed by atoms with E-state index >= 15 is 0 Å². The Bertz CT molecular complexity index is 1030. The summed E-state index contributed by atoms with van der Waals surface area (Å²) in [6.07, 6.45) is -1.13. The van der Waals surface area contributed by atoms with Crippen molar-refractivity contribution in [1.82, 2.24) is 5.16 Å². The number of Topliss-reactive ketones (excluding diaryl/α,β-unsaturated/α-hetero) is 1. The fourth-order valence-corrected chi connectivity index (χ4v) is 2.80. The molecule has 7 nitrogen and oxygen atoms in total. The number of anilines is 1. The third-order valence-electron chi connectivity index (χ3n) is 4.43. The van der Waals surface area contributed by atoms with Crippen LogP contribution in [-0.4, -0.2) is 28.9 Å². The third-order valence-corrected chi connectivity index (χ3v) is 4.43. The maximum absolute atomic E-state index is 12.4. The van der Waals surface area contributed by atoms with Gasteiger partial charge in [0.05, 0.1) is 6.42 Å². The van der Waals surface area contributed by atoms with E-state index in [-0.39, 0.29) is 24.4 Å². The number of carbonyl (C=O) groups is 3. The van der Waals surface area contributed by atoms with E-state index in [4.69, 9.17) is 9.26 Å². The zero-order chi connectivity index (χ0) is 21.5. The molecule has 1 aromatic heterocycles. The number of aryl methyl sites for hydroxylation is 1. The van der Waals surface area contributed by atoms with Crippen LogP contribution in [0.15, 0.2) is 65.2 Å². The summed E-state index contributed by atoms with van der Waals surface area (Å²) in [5, 5.41) is 6.13. The quantitative estimate of drug-likeness (QED) is 0.445. The first-order valence-electron chi connectivity index (χ1n) is 9.55. The molecular weight excluding hydrogens is 384 g/mol. The average Bonchev–Trinajstić information content (AvgIpc) is 3.17. The predicted molar refractivity (Wildman–Crippen MR) is 111 cm³/mol. The molecule has 0 aliphatic heterocycles. The van der Waals surface area contributed by atoms with Crippen molar-refractivity contribution in [3.63, 3.8) is 0 Å². The van der Waals surface area contributed by atoms with Crippen LogP contribution in [0.1, 0.15) is 35.9 Å². The minimum absolute atomic E-state index is 0.000334. The number of aromatic nitrogens is 1. The highest BCUT2D eigenvalue weighted by Gasteiger charge is 2.20. The second-order valence-electron chi connectivity index (χ2n) is 6.81. The van der Waals surface area contributed by atoms with Gasteiger partial charge in [0.25, 0.3) is 5.91 Å². The van der Waals surface area contributed by atoms with Gasteiger partial charge in [-0.05, 0) is 25.0 Å². The minimum Gasteiger partial charge on any atom is -0.453 e. The lowest BCUT2D eigenvalue weighted by molar-refractivity contribution is -0.153. The molecule has 1 heterocycles. The molecule has 0 unspecified atom stereocenters. The summed E-state index contributed by atoms with van der Waals surface area (Å²) in [6.45, 7) is 3.14. The molecule has 0 radical (unpaired) electrons. The number of nitrogens with one attached hydrogen (secondary N) is 1. The van der Waals surface area contributed by atoms with Gasteiger partial charge in [-0.2, -0.15) is 0 Å². The maximum Gasteiger partial charge on any atom is 0.307 e. The van der Waals surface area contributed by atoms with Crippen LogP contribution in [0.25, 0.3) is 11.1 Å². The third kappa shape index (κ3) is 5.64. The molecule has 1 atom stereocenters. The van der Waals surface area contributed by atoms with Gasteiger partial charge < -0.3 is 14.6 Å². The molecule has 154 valence electrons. The molecule has 0 saturated heterocycles. The number of hydrogen-bond donors (Lipinski definition) is 1. The number of amides is 1. The fraction of sp³-hybridized carbons (Fsp3) is 0.217. The average molecular weight is 406 g/mol. The summed E-state index contributed by atoms with van der Waals surface area (Å²) < 4.78 is 9.95. The summed E-state index contributed by atoms with van der Waals surface area (Å²) in [6, 6.07) is 18.6. The standard InChI is InChI=1S/C23H22N2O5/c1-15-14-21(25-30-15)24-23(28)16(2)29-22(27)13-12-20(26)19-10-8-18(9-11-19)17-6-4-3-5-7-17/h3-11,14,16H,12-13H2,1-2H3,(H,24,25,28)/t16-/m0/s1. The number of esters is 1. The minimum atomic E-state index is -1.02. The molecular formula is C23H22N2O5. The summed E-state index contributed by atoms with van der Waals surface area (Å²) in [4.78, 5) is 36.4. The van der Waals surface area contributed by atoms with Crippen molar-refractivity contribution >= 4 is 23.5 Å². The fourth-order valence-electron chi connectivity index (χ4n) is 2.80. The number of carbonyl (C=O) groups excluding carboxylic acids is 3. The predicted octanol–water partition coefficient (Wildman–Crippen LogP) is 4.18. The second kappa shape index (κ2) is 9.65. The van der Waals surface area contributed by atoms with Crippen LogP contribution in [-0.2, 0) is 14.3 Å². The van der Waals surface area contributed by atoms with Gasteiger partial charge >= 0.3 is 5.97 Å². The number of hydrogen-bond acceptors (Lipinski definition) is 6. The van der Waals surface area contributed by atoms with Crippen molar-refractivity contribution in [3.8, 4) is 11.1 Å². The Labute approximate surface area is 174 Å². The normalized spacial score (nSPS) is 11.5. The van der Waals surface area contributed by atoms with E-state index < -0.39 is 18.0 Å². The summed E-state index contributed by atoms with van der Waals surface area (Å²) >= 11 is 0. The molecule has 0 saturated carbocycles. The lowest BCUT2D eigenvalue weighted by Crippen LogP contribution is -2.30. The zero-order valence-electron chi connectivity index (χ0n) is 16.8. The van der Waals surface area contributed by atoms with Gasteiger partial charge in [0.1, 0.15) is 5.76 Å². The van der Waals surface area contributed by atoms with Gasteiger partial charge in [-0.3, -0.25) is 14.4 Å². The smallest absolute Gasteiger partial charge is 0.307 e. The molecule has 0 aliphatic rings. The molecule has 2 aromatic carbocycles. The number of rotatable bonds is 8. The highest BCUT2D eigenvalue weighted by Crippen LogP contribution is 2.20. The monoisotopic (exact) mass is 406 g/mol. The van der Waals surface area contributed by atoms with Crippen LogP contribution < -0.4 is 5.32 Å². The molecule has 3 rings (SSSR count). The number of benzene rings is 2. The molecule has 7 heteroatoms. The van der Waals surface area contributed by atoms with Crippen LogP contribution in [0.3, 0.4) is 0 Å². The lowest BCUT2D eigenvalue weighted by atomic mass is 10.0. The Morgan fingerprint density at radius 2 is 1.67 bits per heavy atom. The Morgan fingerprint density at radius 3 is 2.30 bits per heavy atom. The van der Waals surface area contributed by atoms with Crippen LogP contribution in [0, 0.1) is 6.92 Å². The lowest BCUT2D eigenvalue weighted by Gasteiger charge is -2.12. The molecule has 0 fully saturated rings. The van der Waals surface area contributed by atoms with Gasteiger partial charge in [0.2, 0.25) is 0 Å². The van der Waals surface area contributed by atoms with Crippen molar-refractivity contribution in [2.45, 2.75) is 32.8 Å². The van der Waals surface area contributed by atoms with E-state index in [9.17, 15) is 14.4 Å². The summed E-state index contributed by atoms with van der Waals surface area (Å²) in [5.41, 5.74) is 2.59. The van der Waals surface area contributed by atoms with E-state index in [1.807, 2.05) is 42.5 Å². The highest BCUT2D eigenvalue weighted by atomic mass is 16.5. The Balaban J connectivity index is 1.46. The summed E-state index contributed by atoms with van der Waals surface area (Å²) in [5.74, 6) is -0.524. The van der Waals surface area contributed by atoms with E-state index in [2.05, 4.69) is 10.5 Å². The molecule has 0 aliphatic carbocycles. The van der Waals surface area contributed by atoms with Crippen molar-refractivity contribution < 1.29 is 23.6 Å². The highest BCUT2D eigenvalue weighted by molar-refractivity contribution is 5.98. The molecule has 0 bridgehead atoms. The Hall–Kier alpha value is -3.74. The van der Waals surface area contributed by atoms with Crippen molar-refractivity contribution in [1.29, 1.82) is 0 Å². The van der Waals surface area contributed by atoms with Crippen molar-refractivity contribution in [2.75, 3.05) is 5.32 Å². The van der Waals surface area contributed by atoms with Crippen molar-refractivity contribution in [2.24, 2.45) is 0 Å². The van der Waals surface area contributed by atoms with Gasteiger partial charge in [0, 0.05) is 18.1 Å². The zero-order valence-corrected chi connectivity index (χ0v) is 16.8. The van der Waals surface area contributed by atoms with Gasteiger partial charge in [-0.15, -0.1) is 0 Å². The summed E-state index contributed by atoms with van der Waals surface area (Å²) in [7, 11) is 0. The topological polar surface area (TPSA) is 98.5 Å². The van der Waals surface area contributed by atoms with E-state index in [1.54, 1.807) is 25.1 Å². The van der Waals surface area contributed by atoms with E-state index in [1.165, 1.54) is 6.92 Å². The van der Waals surface area contributed by atoms with E-state index in [0.717, 1.165) is 11.1 Å². The molecule has 0 spiro atoms. The maximum atomic E-state index is 12.4. The first kappa shape index (κ1) is 21.0. The van der Waals surface area contributed by atoms with Gasteiger partial charge in [-0.1, -0.05) is 59.8 Å². The molecule has 3 aromatic rings. The number of ketones is 1. The SMILES string of the molecule is Cc1cc(NC(=O)[C@H](C)OC(=O)CCC(=O)c2ccc(-c3ccccc3)cc2)no1. The van der Waals surface area contributed by atoms with Crippen LogP contribution in [0.2, 0.25) is 0 Å². The van der Waals surface area contributed by atoms with Crippen LogP contribution >= 0.6 is 0 Å². The van der Waals surface area contributed by atoms with Crippen LogP contribution in [0.5, 0.6) is 0 Å². The molecule has 1 N–H and O–H groups in total. The van der Waals surface area contributed by atoms with E-state index in [0.29, 0.717) is 11.3 Å². The number of ether oxygens (including phenoxy) is 1. The largest absolute Gasteiger partial charge is 0.453 e. The second-order valence-corrected chi connectivity index (χ2v) is 6.81. The van der Waals surface area contributed by atoms with Crippen molar-refractivity contribution in [3.05, 3.63) is 72.0 Å². The van der Waals surface area contributed by atoms with Gasteiger partial charge in [-0.25, -0.2) is 0 Å². The molecule has 1 amide bonds. The Morgan fingerprint density at radius 1 is 1.00 bits per heavy atom. The van der Waals surface area contributed by atoms with Crippen LogP contribution in [0.4, 0.5) is 5.82 Å². The number of nitrogens with zero attached hydrogens (tertiary/aromatic N) is 1. The van der Waals surface area contributed by atoms with Gasteiger partial charge in [0.15, 0.2) is 17.7 Å². The first-order valence-corrected chi connectivity index (χ1v) is 9.55.